The van der Waals surface area contributed by atoms with Crippen LogP contribution in [0.25, 0.3) is 0 Å². The van der Waals surface area contributed by atoms with E-state index in [-0.39, 0.29) is 29.8 Å². The number of hydrogen-bond acceptors (Lipinski definition) is 7. The number of aromatic nitrogens is 1. The van der Waals surface area contributed by atoms with Gasteiger partial charge in [0.1, 0.15) is 18.4 Å². The zero-order valence-electron chi connectivity index (χ0n) is 18.3. The van der Waals surface area contributed by atoms with E-state index in [4.69, 9.17) is 4.74 Å². The predicted molar refractivity (Wildman–Crippen MR) is 120 cm³/mol. The number of nitrogens with one attached hydrogen (secondary N) is 1. The number of carbonyl (C=O) groups is 2. The number of rotatable bonds is 5. The summed E-state index contributed by atoms with van der Waals surface area (Å²) in [6.45, 7) is 6.29. The highest BCUT2D eigenvalue weighted by Crippen LogP contribution is 2.38. The lowest BCUT2D eigenvalue weighted by molar-refractivity contribution is -0.124. The minimum absolute atomic E-state index is 0.0940. The number of nitrogens with zero attached hydrogens (tertiary/aromatic N) is 3. The Labute approximate surface area is 191 Å². The van der Waals surface area contributed by atoms with Crippen molar-refractivity contribution in [1.82, 2.24) is 14.6 Å². The van der Waals surface area contributed by atoms with Gasteiger partial charge in [-0.05, 0) is 38.3 Å². The van der Waals surface area contributed by atoms with E-state index in [1.165, 1.54) is 28.6 Å². The highest BCUT2D eigenvalue weighted by Gasteiger charge is 2.40. The van der Waals surface area contributed by atoms with Gasteiger partial charge in [0.2, 0.25) is 21.8 Å². The molecule has 1 aromatic heterocycles. The fourth-order valence-corrected chi connectivity index (χ4v) is 6.65. The Morgan fingerprint density at radius 2 is 2.06 bits per heavy atom. The average molecular weight is 479 g/mol. The molecule has 1 fully saturated rings. The lowest BCUT2D eigenvalue weighted by Gasteiger charge is -2.30. The van der Waals surface area contributed by atoms with Gasteiger partial charge in [0, 0.05) is 24.9 Å². The van der Waals surface area contributed by atoms with E-state index in [9.17, 15) is 18.0 Å². The number of carbonyl (C=O) groups excluding carboxylic acids is 2. The summed E-state index contributed by atoms with van der Waals surface area (Å²) in [5.74, 6) is -0.0998. The molecule has 0 radical (unpaired) electrons. The molecule has 11 heteroatoms. The SMILES string of the molecule is CC(=O)N1CCOc2cc(S(=O)(=O)N3CCC[C@@H]3C(=O)NCc3csc(C)n3)c(C)cc21. The highest BCUT2D eigenvalue weighted by molar-refractivity contribution is 7.89. The van der Waals surface area contributed by atoms with Crippen molar-refractivity contribution in [2.75, 3.05) is 24.6 Å². The van der Waals surface area contributed by atoms with Crippen molar-refractivity contribution in [3.63, 3.8) is 0 Å². The topological polar surface area (TPSA) is 109 Å². The van der Waals surface area contributed by atoms with E-state index in [0.29, 0.717) is 43.0 Å². The summed E-state index contributed by atoms with van der Waals surface area (Å²) in [7, 11) is -3.94. The third-order valence-electron chi connectivity index (χ3n) is 5.70. The van der Waals surface area contributed by atoms with Gasteiger partial charge in [-0.2, -0.15) is 4.31 Å². The summed E-state index contributed by atoms with van der Waals surface area (Å²) >= 11 is 1.50. The first kappa shape index (κ1) is 22.7. The van der Waals surface area contributed by atoms with Crippen LogP contribution in [0.2, 0.25) is 0 Å². The van der Waals surface area contributed by atoms with Crippen LogP contribution < -0.4 is 15.0 Å². The van der Waals surface area contributed by atoms with Crippen molar-refractivity contribution < 1.29 is 22.7 Å². The van der Waals surface area contributed by atoms with Crippen molar-refractivity contribution in [3.05, 3.63) is 33.8 Å². The Morgan fingerprint density at radius 1 is 1.28 bits per heavy atom. The van der Waals surface area contributed by atoms with Gasteiger partial charge < -0.3 is 15.0 Å². The molecule has 9 nitrogen and oxygen atoms in total. The number of aryl methyl sites for hydroxylation is 2. The van der Waals surface area contributed by atoms with Crippen LogP contribution in [0.1, 0.15) is 36.0 Å². The number of fused-ring (bicyclic) bond motifs is 1. The second-order valence-electron chi connectivity index (χ2n) is 7.95. The maximum atomic E-state index is 13.5. The lowest BCUT2D eigenvalue weighted by atomic mass is 10.1. The van der Waals surface area contributed by atoms with Crippen LogP contribution in [0.3, 0.4) is 0 Å². The van der Waals surface area contributed by atoms with Crippen molar-refractivity contribution in [2.45, 2.75) is 51.1 Å². The molecule has 1 N–H and O–H groups in total. The van der Waals surface area contributed by atoms with Crippen LogP contribution >= 0.6 is 11.3 Å². The number of hydrogen-bond donors (Lipinski definition) is 1. The summed E-state index contributed by atoms with van der Waals surface area (Å²) < 4.78 is 34.0. The maximum Gasteiger partial charge on any atom is 0.244 e. The quantitative estimate of drug-likeness (QED) is 0.704. The predicted octanol–water partition coefficient (Wildman–Crippen LogP) is 1.97. The Kier molecular flexibility index (Phi) is 6.24. The first-order chi connectivity index (χ1) is 15.2. The summed E-state index contributed by atoms with van der Waals surface area (Å²) in [4.78, 5) is 30.8. The van der Waals surface area contributed by atoms with Crippen LogP contribution in [0.5, 0.6) is 5.75 Å². The van der Waals surface area contributed by atoms with Crippen molar-refractivity contribution in [1.29, 1.82) is 0 Å². The largest absolute Gasteiger partial charge is 0.489 e. The first-order valence-electron chi connectivity index (χ1n) is 10.4. The number of sulfonamides is 1. The van der Waals surface area contributed by atoms with E-state index >= 15 is 0 Å². The number of amides is 2. The molecule has 32 heavy (non-hydrogen) atoms. The van der Waals surface area contributed by atoms with Crippen LogP contribution in [-0.4, -0.2) is 55.3 Å². The molecule has 1 atom stereocenters. The second-order valence-corrected chi connectivity index (χ2v) is 10.9. The van der Waals surface area contributed by atoms with Crippen LogP contribution in [0.15, 0.2) is 22.4 Å². The van der Waals surface area contributed by atoms with Gasteiger partial charge in [-0.15, -0.1) is 11.3 Å². The Balaban J connectivity index is 1.58. The molecular weight excluding hydrogens is 452 g/mol. The molecule has 1 saturated heterocycles. The van der Waals surface area contributed by atoms with E-state index in [1.54, 1.807) is 17.9 Å². The molecule has 0 spiro atoms. The third kappa shape index (κ3) is 4.24. The van der Waals surface area contributed by atoms with Gasteiger partial charge in [-0.1, -0.05) is 0 Å². The molecule has 2 aliphatic heterocycles. The van der Waals surface area contributed by atoms with Crippen molar-refractivity contribution >= 4 is 38.9 Å². The molecule has 1 aromatic carbocycles. The molecule has 3 heterocycles. The molecule has 0 unspecified atom stereocenters. The minimum atomic E-state index is -3.94. The number of anilines is 1. The number of ether oxygens (including phenoxy) is 1. The molecule has 172 valence electrons. The smallest absolute Gasteiger partial charge is 0.244 e. The van der Waals surface area contributed by atoms with Gasteiger partial charge >= 0.3 is 0 Å². The standard InChI is InChI=1S/C21H26N4O5S2/c1-13-9-18-19(30-8-7-24(18)15(3)26)10-20(13)32(28,29)25-6-4-5-17(25)21(27)22-11-16-12-31-14(2)23-16/h9-10,12,17H,4-8,11H2,1-3H3,(H,22,27)/t17-/m1/s1. The van der Waals surface area contributed by atoms with Gasteiger partial charge in [0.25, 0.3) is 0 Å². The number of benzene rings is 1. The fraction of sp³-hybridized carbons (Fsp3) is 0.476. The zero-order chi connectivity index (χ0) is 23.0. The van der Waals surface area contributed by atoms with Gasteiger partial charge in [0.05, 0.1) is 34.4 Å². The van der Waals surface area contributed by atoms with Gasteiger partial charge in [-0.3, -0.25) is 9.59 Å². The third-order valence-corrected chi connectivity index (χ3v) is 8.58. The zero-order valence-corrected chi connectivity index (χ0v) is 19.9. The molecule has 4 rings (SSSR count). The molecule has 0 saturated carbocycles. The first-order valence-corrected chi connectivity index (χ1v) is 12.8. The van der Waals surface area contributed by atoms with Gasteiger partial charge in [0.15, 0.2) is 0 Å². The Bertz CT molecular complexity index is 1160. The maximum absolute atomic E-state index is 13.5. The van der Waals surface area contributed by atoms with Crippen molar-refractivity contribution in [2.24, 2.45) is 0 Å². The molecule has 2 amide bonds. The Hall–Kier alpha value is -2.50. The van der Waals surface area contributed by atoms with E-state index in [1.807, 2.05) is 12.3 Å². The van der Waals surface area contributed by atoms with E-state index in [2.05, 4.69) is 10.3 Å². The monoisotopic (exact) mass is 478 g/mol. The second kappa shape index (κ2) is 8.80. The lowest BCUT2D eigenvalue weighted by Crippen LogP contribution is -2.45. The number of thiazole rings is 1. The van der Waals surface area contributed by atoms with Crippen LogP contribution in [-0.2, 0) is 26.2 Å². The van der Waals surface area contributed by atoms with Crippen molar-refractivity contribution in [3.8, 4) is 5.75 Å². The summed E-state index contributed by atoms with van der Waals surface area (Å²) in [5, 5.41) is 5.61. The summed E-state index contributed by atoms with van der Waals surface area (Å²) in [6, 6.07) is 2.36. The molecular formula is C21H26N4O5S2. The normalized spacial score (nSPS) is 18.8. The summed E-state index contributed by atoms with van der Waals surface area (Å²) in [6.07, 6.45) is 1.06. The Morgan fingerprint density at radius 3 is 2.75 bits per heavy atom. The van der Waals surface area contributed by atoms with Crippen LogP contribution in [0, 0.1) is 13.8 Å². The minimum Gasteiger partial charge on any atom is -0.489 e. The van der Waals surface area contributed by atoms with Crippen LogP contribution in [0.4, 0.5) is 5.69 Å². The van der Waals surface area contributed by atoms with E-state index < -0.39 is 16.1 Å². The summed E-state index contributed by atoms with van der Waals surface area (Å²) in [5.41, 5.74) is 1.82. The highest BCUT2D eigenvalue weighted by atomic mass is 32.2. The molecule has 2 aliphatic rings. The average Bonchev–Trinajstić information content (AvgIpc) is 3.40. The van der Waals surface area contributed by atoms with E-state index in [0.717, 1.165) is 10.7 Å². The molecule has 2 aromatic rings. The molecule has 0 aliphatic carbocycles. The fourth-order valence-electron chi connectivity index (χ4n) is 4.15. The van der Waals surface area contributed by atoms with Gasteiger partial charge in [-0.25, -0.2) is 13.4 Å². The molecule has 0 bridgehead atoms.